The molecule has 0 fully saturated rings. The minimum Gasteiger partial charge on any atom is -0.390 e. The van der Waals surface area contributed by atoms with Crippen LogP contribution in [0, 0.1) is 6.92 Å². The minimum absolute atomic E-state index is 0.712. The molecule has 0 amide bonds. The molecule has 3 rings (SSSR count). The summed E-state index contributed by atoms with van der Waals surface area (Å²) in [5, 5.41) is 2.50. The minimum atomic E-state index is 0.712. The Kier molecular flexibility index (Phi) is 2.58. The van der Waals surface area contributed by atoms with E-state index in [2.05, 4.69) is 18.0 Å². The number of nitrogen functional groups attached to an aromatic ring is 1. The second-order valence-corrected chi connectivity index (χ2v) is 6.52. The second kappa shape index (κ2) is 3.98. The largest absolute Gasteiger partial charge is 0.390 e. The predicted octanol–water partition coefficient (Wildman–Crippen LogP) is 4.57. The highest BCUT2D eigenvalue weighted by Gasteiger charge is 2.11. The Balaban J connectivity index is 2.21. The maximum Gasteiger partial charge on any atom is 0.127 e. The number of nitrogens with two attached hydrogens (primary N) is 1. The van der Waals surface area contributed by atoms with E-state index < -0.39 is 0 Å². The molecule has 0 atom stereocenters. The first-order valence-corrected chi connectivity index (χ1v) is 7.07. The number of aryl methyl sites for hydroxylation is 1. The van der Waals surface area contributed by atoms with E-state index in [4.69, 9.17) is 17.3 Å². The lowest BCUT2D eigenvalue weighted by atomic mass is 10.3. The van der Waals surface area contributed by atoms with Gasteiger partial charge in [0.15, 0.2) is 0 Å². The van der Waals surface area contributed by atoms with Gasteiger partial charge in [-0.15, -0.1) is 22.7 Å². The Morgan fingerprint density at radius 3 is 2.76 bits per heavy atom. The normalized spacial score (nSPS) is 11.2. The van der Waals surface area contributed by atoms with Crippen LogP contribution in [0.1, 0.15) is 4.88 Å². The smallest absolute Gasteiger partial charge is 0.127 e. The van der Waals surface area contributed by atoms with Gasteiger partial charge in [-0.25, -0.2) is 4.98 Å². The lowest BCUT2D eigenvalue weighted by Crippen LogP contribution is -1.81. The van der Waals surface area contributed by atoms with Gasteiger partial charge in [-0.05, 0) is 31.2 Å². The zero-order valence-corrected chi connectivity index (χ0v) is 11.4. The van der Waals surface area contributed by atoms with Crippen LogP contribution in [-0.2, 0) is 0 Å². The first-order valence-electron chi connectivity index (χ1n) is 5.06. The van der Waals surface area contributed by atoms with Crippen LogP contribution in [0.2, 0.25) is 5.02 Å². The Bertz CT molecular complexity index is 700. The van der Waals surface area contributed by atoms with Gasteiger partial charge in [0.25, 0.3) is 0 Å². The third-order valence-corrected chi connectivity index (χ3v) is 4.65. The number of halogens is 1. The standard InChI is InChI=1S/C12H9ClN2S2/c1-6-4-8(11(14)16-6)12-15-9-5-7(13)2-3-10(9)17-12/h2-5H,14H2,1H3. The molecule has 0 saturated heterocycles. The van der Waals surface area contributed by atoms with Gasteiger partial charge in [-0.2, -0.15) is 0 Å². The Morgan fingerprint density at radius 2 is 2.06 bits per heavy atom. The van der Waals surface area contributed by atoms with Crippen LogP contribution in [0.4, 0.5) is 5.00 Å². The van der Waals surface area contributed by atoms with Crippen LogP contribution < -0.4 is 5.73 Å². The molecular weight excluding hydrogens is 272 g/mol. The van der Waals surface area contributed by atoms with Crippen molar-refractivity contribution in [3.63, 3.8) is 0 Å². The molecule has 2 aromatic heterocycles. The maximum atomic E-state index is 5.98. The molecule has 86 valence electrons. The molecule has 0 spiro atoms. The van der Waals surface area contributed by atoms with Crippen molar-refractivity contribution in [3.05, 3.63) is 34.2 Å². The number of benzene rings is 1. The first-order chi connectivity index (χ1) is 8.13. The molecule has 0 saturated carbocycles. The zero-order chi connectivity index (χ0) is 12.0. The van der Waals surface area contributed by atoms with Gasteiger partial charge in [0.2, 0.25) is 0 Å². The van der Waals surface area contributed by atoms with Crippen LogP contribution in [0.3, 0.4) is 0 Å². The Morgan fingerprint density at radius 1 is 1.24 bits per heavy atom. The quantitative estimate of drug-likeness (QED) is 0.709. The number of hydrogen-bond donors (Lipinski definition) is 1. The number of nitrogens with zero attached hydrogens (tertiary/aromatic N) is 1. The van der Waals surface area contributed by atoms with Crippen molar-refractivity contribution in [2.45, 2.75) is 6.92 Å². The monoisotopic (exact) mass is 280 g/mol. The van der Waals surface area contributed by atoms with Crippen molar-refractivity contribution in [2.75, 3.05) is 5.73 Å². The van der Waals surface area contributed by atoms with Gasteiger partial charge in [0.05, 0.1) is 15.2 Å². The summed E-state index contributed by atoms with van der Waals surface area (Å²) in [4.78, 5) is 5.78. The fourth-order valence-corrected chi connectivity index (χ4v) is 3.71. The topological polar surface area (TPSA) is 38.9 Å². The molecule has 2 heterocycles. The molecule has 0 bridgehead atoms. The van der Waals surface area contributed by atoms with Gasteiger partial charge >= 0.3 is 0 Å². The van der Waals surface area contributed by atoms with E-state index in [1.54, 1.807) is 22.7 Å². The van der Waals surface area contributed by atoms with Crippen LogP contribution in [0.25, 0.3) is 20.8 Å². The van der Waals surface area contributed by atoms with Crippen molar-refractivity contribution >= 4 is 49.5 Å². The first kappa shape index (κ1) is 11.0. The molecule has 0 aliphatic rings. The maximum absolute atomic E-state index is 5.98. The van der Waals surface area contributed by atoms with E-state index in [9.17, 15) is 0 Å². The summed E-state index contributed by atoms with van der Waals surface area (Å²) in [7, 11) is 0. The number of hydrogen-bond acceptors (Lipinski definition) is 4. The van der Waals surface area contributed by atoms with Crippen LogP contribution in [0.15, 0.2) is 24.3 Å². The molecule has 17 heavy (non-hydrogen) atoms. The third-order valence-electron chi connectivity index (χ3n) is 2.46. The van der Waals surface area contributed by atoms with Gasteiger partial charge < -0.3 is 5.73 Å². The summed E-state index contributed by atoms with van der Waals surface area (Å²) in [5.74, 6) is 0. The van der Waals surface area contributed by atoms with E-state index in [1.807, 2.05) is 18.2 Å². The van der Waals surface area contributed by atoms with Crippen molar-refractivity contribution in [1.82, 2.24) is 4.98 Å². The summed E-state index contributed by atoms with van der Waals surface area (Å²) < 4.78 is 1.13. The highest BCUT2D eigenvalue weighted by atomic mass is 35.5. The SMILES string of the molecule is Cc1cc(-c2nc3cc(Cl)ccc3s2)c(N)s1. The number of anilines is 1. The van der Waals surface area contributed by atoms with Crippen LogP contribution >= 0.6 is 34.3 Å². The molecule has 1 aromatic carbocycles. The van der Waals surface area contributed by atoms with E-state index in [1.165, 1.54) is 4.88 Å². The summed E-state index contributed by atoms with van der Waals surface area (Å²) in [6.45, 7) is 2.05. The van der Waals surface area contributed by atoms with Crippen molar-refractivity contribution < 1.29 is 0 Å². The average Bonchev–Trinajstić information content (AvgIpc) is 2.80. The molecule has 3 aromatic rings. The van der Waals surface area contributed by atoms with E-state index in [0.29, 0.717) is 5.02 Å². The highest BCUT2D eigenvalue weighted by molar-refractivity contribution is 7.22. The van der Waals surface area contributed by atoms with Gasteiger partial charge in [-0.1, -0.05) is 11.6 Å². The highest BCUT2D eigenvalue weighted by Crippen LogP contribution is 2.38. The number of fused-ring (bicyclic) bond motifs is 1. The van der Waals surface area contributed by atoms with E-state index in [-0.39, 0.29) is 0 Å². The van der Waals surface area contributed by atoms with Crippen molar-refractivity contribution in [2.24, 2.45) is 0 Å². The predicted molar refractivity (Wildman–Crippen MR) is 77.1 cm³/mol. The second-order valence-electron chi connectivity index (χ2n) is 3.77. The Hall–Kier alpha value is -1.10. The van der Waals surface area contributed by atoms with Gasteiger partial charge in [0, 0.05) is 15.5 Å². The summed E-state index contributed by atoms with van der Waals surface area (Å²) in [6, 6.07) is 7.84. The van der Waals surface area contributed by atoms with Gasteiger partial charge in [0.1, 0.15) is 5.01 Å². The summed E-state index contributed by atoms with van der Waals surface area (Å²) in [6.07, 6.45) is 0. The fourth-order valence-electron chi connectivity index (χ4n) is 1.72. The lowest BCUT2D eigenvalue weighted by Gasteiger charge is -1.90. The molecule has 5 heteroatoms. The molecular formula is C12H9ClN2S2. The summed E-state index contributed by atoms with van der Waals surface area (Å²) >= 11 is 9.19. The average molecular weight is 281 g/mol. The Labute approximate surface area is 112 Å². The number of aromatic nitrogens is 1. The third kappa shape index (κ3) is 1.92. The van der Waals surface area contributed by atoms with E-state index in [0.717, 1.165) is 25.8 Å². The number of thiophene rings is 1. The molecule has 2 N–H and O–H groups in total. The van der Waals surface area contributed by atoms with Crippen LogP contribution in [0.5, 0.6) is 0 Å². The molecule has 2 nitrogen and oxygen atoms in total. The number of rotatable bonds is 1. The zero-order valence-electron chi connectivity index (χ0n) is 9.03. The van der Waals surface area contributed by atoms with Gasteiger partial charge in [-0.3, -0.25) is 0 Å². The molecule has 0 radical (unpaired) electrons. The van der Waals surface area contributed by atoms with Crippen molar-refractivity contribution in [1.29, 1.82) is 0 Å². The fraction of sp³-hybridized carbons (Fsp3) is 0.0833. The lowest BCUT2D eigenvalue weighted by molar-refractivity contribution is 1.48. The van der Waals surface area contributed by atoms with Crippen LogP contribution in [-0.4, -0.2) is 4.98 Å². The molecule has 0 aliphatic heterocycles. The number of thiazole rings is 1. The summed E-state index contributed by atoms with van der Waals surface area (Å²) in [5.41, 5.74) is 7.95. The molecule has 0 aliphatic carbocycles. The molecule has 0 unspecified atom stereocenters. The van der Waals surface area contributed by atoms with Crippen molar-refractivity contribution in [3.8, 4) is 10.6 Å². The van der Waals surface area contributed by atoms with E-state index >= 15 is 0 Å².